The number of aromatic nitrogens is 3. The normalized spacial score (nSPS) is 19.4. The predicted molar refractivity (Wildman–Crippen MR) is 102 cm³/mol. The maximum atomic E-state index is 9.67. The lowest BCUT2D eigenvalue weighted by Gasteiger charge is -2.38. The van der Waals surface area contributed by atoms with E-state index < -0.39 is 0 Å². The van der Waals surface area contributed by atoms with Gasteiger partial charge in [0.25, 0.3) is 0 Å². The summed E-state index contributed by atoms with van der Waals surface area (Å²) in [6.45, 7) is 4.45. The van der Waals surface area contributed by atoms with E-state index in [0.29, 0.717) is 11.7 Å². The summed E-state index contributed by atoms with van der Waals surface area (Å²) >= 11 is 0. The number of nitrogens with zero attached hydrogens (tertiary/aromatic N) is 5. The van der Waals surface area contributed by atoms with E-state index in [-0.39, 0.29) is 0 Å². The molecule has 2 aliphatic heterocycles. The van der Waals surface area contributed by atoms with Crippen molar-refractivity contribution < 1.29 is 0 Å². The highest BCUT2D eigenvalue weighted by atomic mass is 15.2. The van der Waals surface area contributed by atoms with Crippen molar-refractivity contribution in [3.8, 4) is 6.07 Å². The number of hydrogen-bond acceptors (Lipinski definition) is 5. The van der Waals surface area contributed by atoms with Crippen LogP contribution in [0.1, 0.15) is 31.4 Å². The van der Waals surface area contributed by atoms with Gasteiger partial charge >= 0.3 is 0 Å². The number of piperidine rings is 1. The van der Waals surface area contributed by atoms with E-state index in [9.17, 15) is 5.26 Å². The molecule has 0 atom stereocenters. The third-order valence-corrected chi connectivity index (χ3v) is 5.93. The number of nitrogens with one attached hydrogen (secondary N) is 1. The molecule has 6 heteroatoms. The van der Waals surface area contributed by atoms with E-state index >= 15 is 0 Å². The number of rotatable bonds is 2. The molecule has 0 unspecified atom stereocenters. The first-order valence-electron chi connectivity index (χ1n) is 9.49. The molecule has 1 N–H and O–H groups in total. The van der Waals surface area contributed by atoms with Crippen LogP contribution in [0.3, 0.4) is 0 Å². The molecule has 2 saturated heterocycles. The van der Waals surface area contributed by atoms with Crippen LogP contribution in [0.25, 0.3) is 21.9 Å². The van der Waals surface area contributed by atoms with Crippen LogP contribution in [0, 0.1) is 11.3 Å². The fourth-order valence-electron chi connectivity index (χ4n) is 4.65. The van der Waals surface area contributed by atoms with Gasteiger partial charge in [0.1, 0.15) is 11.7 Å². The summed E-state index contributed by atoms with van der Waals surface area (Å²) in [5.74, 6) is 0. The third kappa shape index (κ3) is 2.43. The Hall–Kier alpha value is -2.65. The Morgan fingerprint density at radius 3 is 2.69 bits per heavy atom. The van der Waals surface area contributed by atoms with Crippen LogP contribution in [-0.4, -0.2) is 52.1 Å². The van der Waals surface area contributed by atoms with Crippen LogP contribution in [0.2, 0.25) is 0 Å². The van der Waals surface area contributed by atoms with Crippen molar-refractivity contribution >= 4 is 27.6 Å². The predicted octanol–water partition coefficient (Wildman–Crippen LogP) is 3.05. The number of aromatic amines is 1. The van der Waals surface area contributed by atoms with Gasteiger partial charge in [0.05, 0.1) is 17.4 Å². The highest BCUT2D eigenvalue weighted by Crippen LogP contribution is 2.36. The summed E-state index contributed by atoms with van der Waals surface area (Å²) in [4.78, 5) is 17.2. The number of hydrogen-bond donors (Lipinski definition) is 1. The van der Waals surface area contributed by atoms with Crippen LogP contribution >= 0.6 is 0 Å². The van der Waals surface area contributed by atoms with Crippen LogP contribution in [0.15, 0.2) is 24.5 Å². The fourth-order valence-corrected chi connectivity index (χ4v) is 4.65. The number of H-pyrrole nitrogens is 1. The molecule has 3 aromatic rings. The maximum absolute atomic E-state index is 9.67. The molecule has 2 fully saturated rings. The first-order valence-corrected chi connectivity index (χ1v) is 9.49. The van der Waals surface area contributed by atoms with E-state index in [1.165, 1.54) is 25.9 Å². The molecular weight excluding hydrogens is 324 g/mol. The minimum atomic E-state index is 0.516. The SMILES string of the molecule is N#Cc1ncc2[nH]c3ncccc3c2c1N1CCC(N2CCCC2)CC1. The van der Waals surface area contributed by atoms with Gasteiger partial charge in [0.2, 0.25) is 0 Å². The van der Waals surface area contributed by atoms with Gasteiger partial charge in [-0.15, -0.1) is 0 Å². The maximum Gasteiger partial charge on any atom is 0.164 e. The molecule has 6 nitrogen and oxygen atoms in total. The summed E-state index contributed by atoms with van der Waals surface area (Å²) < 4.78 is 0. The second-order valence-electron chi connectivity index (χ2n) is 7.34. The smallest absolute Gasteiger partial charge is 0.164 e. The summed E-state index contributed by atoms with van der Waals surface area (Å²) in [6.07, 6.45) is 8.53. The lowest BCUT2D eigenvalue weighted by molar-refractivity contribution is 0.208. The van der Waals surface area contributed by atoms with Crippen molar-refractivity contribution in [3.05, 3.63) is 30.2 Å². The van der Waals surface area contributed by atoms with E-state index in [1.54, 1.807) is 12.4 Å². The van der Waals surface area contributed by atoms with Crippen LogP contribution in [0.5, 0.6) is 0 Å². The average Bonchev–Trinajstić information content (AvgIpc) is 3.35. The van der Waals surface area contributed by atoms with Crippen molar-refractivity contribution in [3.63, 3.8) is 0 Å². The van der Waals surface area contributed by atoms with E-state index in [4.69, 9.17) is 0 Å². The van der Waals surface area contributed by atoms with Gasteiger partial charge in [-0.1, -0.05) is 0 Å². The topological polar surface area (TPSA) is 71.8 Å². The van der Waals surface area contributed by atoms with Gasteiger partial charge in [-0.05, 0) is 50.9 Å². The minimum Gasteiger partial charge on any atom is -0.368 e. The van der Waals surface area contributed by atoms with Crippen molar-refractivity contribution in [2.24, 2.45) is 0 Å². The Balaban J connectivity index is 1.54. The standard InChI is InChI=1S/C20H22N6/c21-12-16-19(26-10-5-14(6-11-26)25-8-1-2-9-25)18-15-4-3-7-22-20(15)24-17(18)13-23-16/h3-4,7,13-14H,1-2,5-6,8-11H2,(H,22,24). The Morgan fingerprint density at radius 1 is 1.12 bits per heavy atom. The van der Waals surface area contributed by atoms with Gasteiger partial charge in [-0.2, -0.15) is 5.26 Å². The Bertz CT molecular complexity index is 987. The molecule has 26 heavy (non-hydrogen) atoms. The molecule has 0 aromatic carbocycles. The molecule has 2 aliphatic rings. The zero-order valence-electron chi connectivity index (χ0n) is 14.8. The zero-order chi connectivity index (χ0) is 17.5. The molecule has 3 aromatic heterocycles. The molecular formula is C20H22N6. The molecule has 0 aliphatic carbocycles. The van der Waals surface area contributed by atoms with Gasteiger partial charge in [0, 0.05) is 36.1 Å². The highest BCUT2D eigenvalue weighted by molar-refractivity contribution is 6.13. The molecule has 0 amide bonds. The molecule has 132 valence electrons. The second kappa shape index (κ2) is 6.26. The lowest BCUT2D eigenvalue weighted by Crippen LogP contribution is -2.44. The van der Waals surface area contributed by atoms with Crippen LogP contribution < -0.4 is 4.90 Å². The molecule has 0 bridgehead atoms. The first-order chi connectivity index (χ1) is 12.8. The Labute approximate surface area is 152 Å². The highest BCUT2D eigenvalue weighted by Gasteiger charge is 2.29. The minimum absolute atomic E-state index is 0.516. The molecule has 0 radical (unpaired) electrons. The third-order valence-electron chi connectivity index (χ3n) is 5.93. The second-order valence-corrected chi connectivity index (χ2v) is 7.34. The summed E-state index contributed by atoms with van der Waals surface area (Å²) in [5, 5.41) is 11.8. The van der Waals surface area contributed by atoms with Crippen molar-refractivity contribution in [2.45, 2.75) is 31.7 Å². The van der Waals surface area contributed by atoms with Gasteiger partial charge in [-0.25, -0.2) is 9.97 Å². The number of likely N-dealkylation sites (tertiary alicyclic amines) is 1. The first kappa shape index (κ1) is 15.6. The summed E-state index contributed by atoms with van der Waals surface area (Å²) in [7, 11) is 0. The van der Waals surface area contributed by atoms with E-state index in [0.717, 1.165) is 53.6 Å². The van der Waals surface area contributed by atoms with Crippen molar-refractivity contribution in [1.29, 1.82) is 5.26 Å². The number of anilines is 1. The van der Waals surface area contributed by atoms with Gasteiger partial charge < -0.3 is 14.8 Å². The quantitative estimate of drug-likeness (QED) is 0.772. The molecule has 5 rings (SSSR count). The van der Waals surface area contributed by atoms with Crippen molar-refractivity contribution in [1.82, 2.24) is 19.9 Å². The van der Waals surface area contributed by atoms with Gasteiger partial charge in [-0.3, -0.25) is 0 Å². The lowest BCUT2D eigenvalue weighted by atomic mass is 10.0. The van der Waals surface area contributed by atoms with E-state index in [1.807, 2.05) is 6.07 Å². The summed E-state index contributed by atoms with van der Waals surface area (Å²) in [6, 6.07) is 7.02. The number of fused-ring (bicyclic) bond motifs is 3. The zero-order valence-corrected chi connectivity index (χ0v) is 14.8. The van der Waals surface area contributed by atoms with E-state index in [2.05, 4.69) is 36.9 Å². The number of pyridine rings is 2. The number of nitriles is 1. The average molecular weight is 346 g/mol. The summed E-state index contributed by atoms with van der Waals surface area (Å²) in [5.41, 5.74) is 3.30. The fraction of sp³-hybridized carbons (Fsp3) is 0.450. The van der Waals surface area contributed by atoms with Crippen molar-refractivity contribution in [2.75, 3.05) is 31.1 Å². The monoisotopic (exact) mass is 346 g/mol. The Kier molecular flexibility index (Phi) is 3.75. The van der Waals surface area contributed by atoms with Crippen LogP contribution in [0.4, 0.5) is 5.69 Å². The Morgan fingerprint density at radius 2 is 1.92 bits per heavy atom. The van der Waals surface area contributed by atoms with Gasteiger partial charge in [0.15, 0.2) is 5.69 Å². The molecule has 0 spiro atoms. The molecule has 5 heterocycles. The van der Waals surface area contributed by atoms with Crippen LogP contribution in [-0.2, 0) is 0 Å². The largest absolute Gasteiger partial charge is 0.368 e. The molecule has 0 saturated carbocycles.